The molecule has 0 atom stereocenters. The summed E-state index contributed by atoms with van der Waals surface area (Å²) in [6, 6.07) is 0. The Morgan fingerprint density at radius 3 is 2.57 bits per heavy atom. The second kappa shape index (κ2) is 8.06. The van der Waals surface area contributed by atoms with Gasteiger partial charge < -0.3 is 9.47 Å². The van der Waals surface area contributed by atoms with Crippen LogP contribution in [0.3, 0.4) is 0 Å². The molecule has 2 nitrogen and oxygen atoms in total. The van der Waals surface area contributed by atoms with E-state index in [1.165, 1.54) is 5.57 Å². The van der Waals surface area contributed by atoms with Gasteiger partial charge in [-0.15, -0.1) is 0 Å². The first-order valence-electron chi connectivity index (χ1n) is 4.91. The summed E-state index contributed by atoms with van der Waals surface area (Å²) in [5.41, 5.74) is 1.35. The van der Waals surface area contributed by atoms with E-state index in [4.69, 9.17) is 9.47 Å². The van der Waals surface area contributed by atoms with Gasteiger partial charge in [-0.25, -0.2) is 0 Å². The van der Waals surface area contributed by atoms with Crippen LogP contribution in [-0.2, 0) is 9.47 Å². The minimum absolute atomic E-state index is 0.314. The lowest BCUT2D eigenvalue weighted by molar-refractivity contribution is 0.00912. The Morgan fingerprint density at radius 2 is 2.00 bits per heavy atom. The molecule has 0 aromatic rings. The third-order valence-corrected chi connectivity index (χ3v) is 2.50. The average Bonchev–Trinajstić information content (AvgIpc) is 2.22. The molecule has 0 saturated carbocycles. The first-order valence-corrected chi connectivity index (χ1v) is 5.71. The third-order valence-electron chi connectivity index (χ3n) is 1.72. The normalized spacial score (nSPS) is 15.6. The van der Waals surface area contributed by atoms with Gasteiger partial charge in [-0.3, -0.25) is 0 Å². The van der Waals surface area contributed by atoms with E-state index in [0.717, 1.165) is 23.1 Å². The number of hydrogen-bond acceptors (Lipinski definition) is 2. The lowest BCUT2D eigenvalue weighted by Crippen LogP contribution is -2.00. The van der Waals surface area contributed by atoms with Crippen LogP contribution in [0.2, 0.25) is 0 Å². The van der Waals surface area contributed by atoms with Gasteiger partial charge in [-0.1, -0.05) is 35.4 Å². The van der Waals surface area contributed by atoms with E-state index >= 15 is 0 Å². The Balaban J connectivity index is 0.000000791. The van der Waals surface area contributed by atoms with Gasteiger partial charge in [0, 0.05) is 11.6 Å². The zero-order valence-electron chi connectivity index (χ0n) is 9.39. The Bertz CT molecular complexity index is 219. The van der Waals surface area contributed by atoms with Gasteiger partial charge in [0.2, 0.25) is 0 Å². The van der Waals surface area contributed by atoms with Crippen LogP contribution in [0.1, 0.15) is 33.6 Å². The van der Waals surface area contributed by atoms with Crippen LogP contribution in [0.4, 0.5) is 0 Å². The maximum atomic E-state index is 5.35. The van der Waals surface area contributed by atoms with E-state index < -0.39 is 0 Å². The number of ether oxygens (including phenoxy) is 2. The van der Waals surface area contributed by atoms with Crippen molar-refractivity contribution in [3.63, 3.8) is 0 Å². The number of hydrogen-bond donors (Lipinski definition) is 0. The highest BCUT2D eigenvalue weighted by molar-refractivity contribution is 9.11. The van der Waals surface area contributed by atoms with Crippen molar-refractivity contribution in [3.8, 4) is 0 Å². The van der Waals surface area contributed by atoms with Crippen molar-refractivity contribution >= 4 is 15.9 Å². The molecule has 0 aromatic heterocycles. The van der Waals surface area contributed by atoms with Gasteiger partial charge in [0.25, 0.3) is 0 Å². The topological polar surface area (TPSA) is 18.5 Å². The molecular weight excluding hydrogens is 244 g/mol. The highest BCUT2D eigenvalue weighted by atomic mass is 79.9. The summed E-state index contributed by atoms with van der Waals surface area (Å²) in [5, 5.41) is 0. The van der Waals surface area contributed by atoms with Crippen molar-refractivity contribution in [2.45, 2.75) is 33.6 Å². The molecule has 1 rings (SSSR count). The predicted molar refractivity (Wildman–Crippen MR) is 63.3 cm³/mol. The van der Waals surface area contributed by atoms with E-state index in [9.17, 15) is 0 Å². The van der Waals surface area contributed by atoms with Crippen LogP contribution >= 0.6 is 15.9 Å². The van der Waals surface area contributed by atoms with Gasteiger partial charge in [0.05, 0.1) is 0 Å². The van der Waals surface area contributed by atoms with Gasteiger partial charge in [-0.2, -0.15) is 0 Å². The van der Waals surface area contributed by atoms with Crippen LogP contribution in [0.5, 0.6) is 0 Å². The van der Waals surface area contributed by atoms with E-state index in [0.29, 0.717) is 6.79 Å². The molecule has 1 aliphatic carbocycles. The fourth-order valence-corrected chi connectivity index (χ4v) is 1.47. The molecule has 3 heteroatoms. The lowest BCUT2D eigenvalue weighted by Gasteiger charge is -2.14. The smallest absolute Gasteiger partial charge is 0.188 e. The SMILES string of the molecule is CC.COCOC1=C(Br)CCC(C)=C1. The predicted octanol–water partition coefficient (Wildman–Crippen LogP) is 3.98. The van der Waals surface area contributed by atoms with Crippen molar-refractivity contribution < 1.29 is 9.47 Å². The minimum Gasteiger partial charge on any atom is -0.467 e. The fourth-order valence-electron chi connectivity index (χ4n) is 1.05. The molecule has 0 spiro atoms. The van der Waals surface area contributed by atoms with E-state index in [1.54, 1.807) is 7.11 Å². The molecule has 0 bridgehead atoms. The molecular formula is C11H19BrO2. The zero-order chi connectivity index (χ0) is 11.0. The van der Waals surface area contributed by atoms with Crippen molar-refractivity contribution in [1.29, 1.82) is 0 Å². The van der Waals surface area contributed by atoms with Crippen molar-refractivity contribution in [3.05, 3.63) is 21.9 Å². The van der Waals surface area contributed by atoms with E-state index in [2.05, 4.69) is 22.9 Å². The number of allylic oxidation sites excluding steroid dienone is 3. The Morgan fingerprint density at radius 1 is 1.36 bits per heavy atom. The molecule has 0 saturated heterocycles. The molecule has 0 heterocycles. The quantitative estimate of drug-likeness (QED) is 0.717. The third kappa shape index (κ3) is 4.82. The minimum atomic E-state index is 0.314. The molecule has 0 N–H and O–H groups in total. The van der Waals surface area contributed by atoms with Crippen LogP contribution in [0.15, 0.2) is 21.9 Å². The zero-order valence-corrected chi connectivity index (χ0v) is 11.0. The summed E-state index contributed by atoms with van der Waals surface area (Å²) in [5.74, 6) is 0.903. The van der Waals surface area contributed by atoms with Gasteiger partial charge in [-0.05, 0) is 25.8 Å². The highest BCUT2D eigenvalue weighted by Gasteiger charge is 2.09. The summed E-state index contributed by atoms with van der Waals surface area (Å²) in [6.45, 7) is 6.42. The first-order chi connectivity index (χ1) is 6.74. The van der Waals surface area contributed by atoms with Crippen LogP contribution < -0.4 is 0 Å². The van der Waals surface area contributed by atoms with Gasteiger partial charge >= 0.3 is 0 Å². The summed E-state index contributed by atoms with van der Waals surface area (Å²) >= 11 is 3.47. The van der Waals surface area contributed by atoms with Crippen LogP contribution in [0.25, 0.3) is 0 Å². The molecule has 0 unspecified atom stereocenters. The second-order valence-corrected chi connectivity index (χ2v) is 3.77. The summed E-state index contributed by atoms with van der Waals surface area (Å²) in [7, 11) is 1.62. The van der Waals surface area contributed by atoms with E-state index in [-0.39, 0.29) is 0 Å². The molecule has 0 aliphatic heterocycles. The van der Waals surface area contributed by atoms with E-state index in [1.807, 2.05) is 19.9 Å². The molecule has 0 radical (unpaired) electrons. The Kier molecular flexibility index (Phi) is 7.90. The van der Waals surface area contributed by atoms with Crippen LogP contribution in [-0.4, -0.2) is 13.9 Å². The lowest BCUT2D eigenvalue weighted by atomic mass is 10.1. The fraction of sp³-hybridized carbons (Fsp3) is 0.636. The van der Waals surface area contributed by atoms with Gasteiger partial charge in [0.15, 0.2) is 6.79 Å². The standard InChI is InChI=1S/C9H13BrO2.C2H6/c1-7-3-4-8(10)9(5-7)12-6-11-2;1-2/h5H,3-4,6H2,1-2H3;1-2H3. The largest absolute Gasteiger partial charge is 0.467 e. The first kappa shape index (κ1) is 13.7. The number of halogens is 1. The summed E-state index contributed by atoms with van der Waals surface area (Å²) in [6.07, 6.45) is 4.19. The highest BCUT2D eigenvalue weighted by Crippen LogP contribution is 2.28. The molecule has 1 aliphatic rings. The average molecular weight is 263 g/mol. The van der Waals surface area contributed by atoms with Gasteiger partial charge in [0.1, 0.15) is 5.76 Å². The second-order valence-electron chi connectivity index (χ2n) is 2.81. The number of rotatable bonds is 3. The molecule has 0 fully saturated rings. The molecule has 0 aromatic carbocycles. The monoisotopic (exact) mass is 262 g/mol. The molecule has 14 heavy (non-hydrogen) atoms. The molecule has 82 valence electrons. The van der Waals surface area contributed by atoms with Crippen LogP contribution in [0, 0.1) is 0 Å². The van der Waals surface area contributed by atoms with Crippen molar-refractivity contribution in [1.82, 2.24) is 0 Å². The summed E-state index contributed by atoms with van der Waals surface area (Å²) < 4.78 is 11.3. The maximum absolute atomic E-state index is 5.35. The van der Waals surface area contributed by atoms with Crippen molar-refractivity contribution in [2.75, 3.05) is 13.9 Å². The molecule has 0 amide bonds. The van der Waals surface area contributed by atoms with Crippen molar-refractivity contribution in [2.24, 2.45) is 0 Å². The maximum Gasteiger partial charge on any atom is 0.188 e. The Hall–Kier alpha value is -0.280. The Labute approximate surface area is 95.1 Å². The number of methoxy groups -OCH3 is 1. The summed E-state index contributed by atoms with van der Waals surface area (Å²) in [4.78, 5) is 0.